The summed E-state index contributed by atoms with van der Waals surface area (Å²) < 4.78 is 0. The van der Waals surface area contributed by atoms with Crippen LogP contribution in [0.1, 0.15) is 12.8 Å². The smallest absolute Gasteiger partial charge is 0.154 e. The Hall–Kier alpha value is 0.250. The molecule has 1 fully saturated rings. The number of carbonyl (C=O) groups excluding carboxylic acids is 1. The standard InChI is InChI=1S/C6H8Cl2O/c7-3-5(9)6(4-8)1-2-6/h1-4H2. The lowest BCUT2D eigenvalue weighted by atomic mass is 10.1. The normalized spacial score (nSPS) is 21.6. The van der Waals surface area contributed by atoms with Gasteiger partial charge in [0.15, 0.2) is 5.78 Å². The van der Waals surface area contributed by atoms with Gasteiger partial charge in [-0.1, -0.05) is 0 Å². The third kappa shape index (κ3) is 1.22. The lowest BCUT2D eigenvalue weighted by molar-refractivity contribution is -0.120. The van der Waals surface area contributed by atoms with Gasteiger partial charge in [0.25, 0.3) is 0 Å². The number of ketones is 1. The predicted molar refractivity (Wildman–Crippen MR) is 38.1 cm³/mol. The van der Waals surface area contributed by atoms with E-state index in [-0.39, 0.29) is 17.1 Å². The molecule has 52 valence electrons. The molecule has 3 heteroatoms. The molecule has 1 aliphatic carbocycles. The highest BCUT2D eigenvalue weighted by molar-refractivity contribution is 6.30. The molecule has 0 atom stereocenters. The Morgan fingerprint density at radius 2 is 2.00 bits per heavy atom. The fourth-order valence-corrected chi connectivity index (χ4v) is 1.48. The van der Waals surface area contributed by atoms with E-state index in [9.17, 15) is 4.79 Å². The number of hydrogen-bond acceptors (Lipinski definition) is 1. The minimum atomic E-state index is -0.205. The molecule has 1 aliphatic rings. The Balaban J connectivity index is 2.49. The Kier molecular flexibility index (Phi) is 2.02. The second-order valence-corrected chi connectivity index (χ2v) is 3.01. The molecule has 0 amide bonds. The van der Waals surface area contributed by atoms with Crippen molar-refractivity contribution < 1.29 is 4.79 Å². The van der Waals surface area contributed by atoms with Gasteiger partial charge in [0.05, 0.1) is 5.88 Å². The van der Waals surface area contributed by atoms with E-state index in [1.54, 1.807) is 0 Å². The molecule has 0 saturated heterocycles. The lowest BCUT2D eigenvalue weighted by Gasteiger charge is -2.04. The first-order chi connectivity index (χ1) is 4.25. The number of carbonyl (C=O) groups is 1. The summed E-state index contributed by atoms with van der Waals surface area (Å²) in [5, 5.41) is 0. The highest BCUT2D eigenvalue weighted by Gasteiger charge is 2.47. The van der Waals surface area contributed by atoms with Gasteiger partial charge in [0.1, 0.15) is 0 Å². The first-order valence-corrected chi connectivity index (χ1v) is 3.97. The van der Waals surface area contributed by atoms with Crippen molar-refractivity contribution in [3.63, 3.8) is 0 Å². The van der Waals surface area contributed by atoms with Gasteiger partial charge < -0.3 is 0 Å². The average molecular weight is 167 g/mol. The van der Waals surface area contributed by atoms with Crippen LogP contribution in [-0.2, 0) is 4.79 Å². The van der Waals surface area contributed by atoms with Crippen molar-refractivity contribution in [2.45, 2.75) is 12.8 Å². The molecule has 0 bridgehead atoms. The quantitative estimate of drug-likeness (QED) is 0.586. The number of hydrogen-bond donors (Lipinski definition) is 0. The van der Waals surface area contributed by atoms with Gasteiger partial charge in [0.2, 0.25) is 0 Å². The molecule has 0 aromatic rings. The Morgan fingerprint density at radius 1 is 1.44 bits per heavy atom. The largest absolute Gasteiger partial charge is 0.298 e. The van der Waals surface area contributed by atoms with E-state index < -0.39 is 0 Å². The fourth-order valence-electron chi connectivity index (χ4n) is 0.780. The molecule has 0 N–H and O–H groups in total. The Labute approximate surface area is 64.3 Å². The van der Waals surface area contributed by atoms with Gasteiger partial charge in [-0.15, -0.1) is 23.2 Å². The summed E-state index contributed by atoms with van der Waals surface area (Å²) in [5.74, 6) is 0.671. The Morgan fingerprint density at radius 3 is 2.11 bits per heavy atom. The molecule has 0 aromatic carbocycles. The van der Waals surface area contributed by atoms with Crippen molar-refractivity contribution >= 4 is 29.0 Å². The molecular formula is C6H8Cl2O. The maximum atomic E-state index is 10.9. The van der Waals surface area contributed by atoms with Crippen LogP contribution in [0.2, 0.25) is 0 Å². The molecule has 0 aliphatic heterocycles. The van der Waals surface area contributed by atoms with Crippen molar-refractivity contribution in [3.05, 3.63) is 0 Å². The minimum absolute atomic E-state index is 0.110. The maximum absolute atomic E-state index is 10.9. The van der Waals surface area contributed by atoms with Crippen LogP contribution in [0.25, 0.3) is 0 Å². The summed E-state index contributed by atoms with van der Waals surface area (Å²) in [6.07, 6.45) is 1.87. The molecule has 0 radical (unpaired) electrons. The van der Waals surface area contributed by atoms with Crippen molar-refractivity contribution in [1.82, 2.24) is 0 Å². The van der Waals surface area contributed by atoms with Crippen LogP contribution in [0.4, 0.5) is 0 Å². The number of halogens is 2. The molecule has 1 saturated carbocycles. The molecule has 0 aromatic heterocycles. The van der Waals surface area contributed by atoms with Crippen LogP contribution in [0.5, 0.6) is 0 Å². The van der Waals surface area contributed by atoms with Crippen molar-refractivity contribution in [2.24, 2.45) is 5.41 Å². The first kappa shape index (κ1) is 7.36. The fraction of sp³-hybridized carbons (Fsp3) is 0.833. The molecule has 9 heavy (non-hydrogen) atoms. The van der Waals surface area contributed by atoms with Gasteiger partial charge in [-0.05, 0) is 12.8 Å². The summed E-state index contributed by atoms with van der Waals surface area (Å²) in [5.41, 5.74) is -0.205. The SMILES string of the molecule is O=C(CCl)C1(CCl)CC1. The zero-order valence-electron chi connectivity index (χ0n) is 4.99. The zero-order chi connectivity index (χ0) is 6.91. The number of rotatable bonds is 3. The topological polar surface area (TPSA) is 17.1 Å². The summed E-state index contributed by atoms with van der Waals surface area (Å²) in [6, 6.07) is 0. The summed E-state index contributed by atoms with van der Waals surface area (Å²) >= 11 is 10.9. The van der Waals surface area contributed by atoms with Gasteiger partial charge in [-0.3, -0.25) is 4.79 Å². The van der Waals surface area contributed by atoms with Crippen LogP contribution < -0.4 is 0 Å². The van der Waals surface area contributed by atoms with Gasteiger partial charge in [-0.25, -0.2) is 0 Å². The van der Waals surface area contributed by atoms with Crippen LogP contribution >= 0.6 is 23.2 Å². The highest BCUT2D eigenvalue weighted by atomic mass is 35.5. The maximum Gasteiger partial charge on any atom is 0.154 e. The first-order valence-electron chi connectivity index (χ1n) is 2.90. The van der Waals surface area contributed by atoms with E-state index >= 15 is 0 Å². The molecule has 1 nitrogen and oxygen atoms in total. The lowest BCUT2D eigenvalue weighted by Crippen LogP contribution is -2.18. The van der Waals surface area contributed by atoms with E-state index in [0.29, 0.717) is 5.88 Å². The van der Waals surface area contributed by atoms with Crippen LogP contribution in [0.3, 0.4) is 0 Å². The summed E-state index contributed by atoms with van der Waals surface area (Å²) in [7, 11) is 0. The van der Waals surface area contributed by atoms with Gasteiger partial charge in [-0.2, -0.15) is 0 Å². The predicted octanol–water partition coefficient (Wildman–Crippen LogP) is 1.81. The van der Waals surface area contributed by atoms with Crippen molar-refractivity contribution in [3.8, 4) is 0 Å². The van der Waals surface area contributed by atoms with Crippen LogP contribution in [0, 0.1) is 5.41 Å². The van der Waals surface area contributed by atoms with E-state index in [1.165, 1.54) is 0 Å². The molecule has 0 heterocycles. The summed E-state index contributed by atoms with van der Waals surface area (Å²) in [6.45, 7) is 0. The third-order valence-corrected chi connectivity index (χ3v) is 2.58. The van der Waals surface area contributed by atoms with Crippen molar-refractivity contribution in [1.29, 1.82) is 0 Å². The second kappa shape index (κ2) is 2.47. The third-order valence-electron chi connectivity index (χ3n) is 1.82. The monoisotopic (exact) mass is 166 g/mol. The number of Topliss-reactive ketones (excluding diaryl/α,β-unsaturated/α-hetero) is 1. The second-order valence-electron chi connectivity index (χ2n) is 2.47. The Bertz CT molecular complexity index is 129. The molecule has 0 unspecified atom stereocenters. The molecule has 1 rings (SSSR count). The van der Waals surface area contributed by atoms with E-state index in [1.807, 2.05) is 0 Å². The van der Waals surface area contributed by atoms with Crippen molar-refractivity contribution in [2.75, 3.05) is 11.8 Å². The van der Waals surface area contributed by atoms with Gasteiger partial charge in [0, 0.05) is 11.3 Å². The van der Waals surface area contributed by atoms with E-state index in [2.05, 4.69) is 0 Å². The number of alkyl halides is 2. The minimum Gasteiger partial charge on any atom is -0.298 e. The van der Waals surface area contributed by atoms with E-state index in [4.69, 9.17) is 23.2 Å². The molecular weight excluding hydrogens is 159 g/mol. The van der Waals surface area contributed by atoms with E-state index in [0.717, 1.165) is 12.8 Å². The highest BCUT2D eigenvalue weighted by Crippen LogP contribution is 2.47. The van der Waals surface area contributed by atoms with Gasteiger partial charge >= 0.3 is 0 Å². The average Bonchev–Trinajstić information content (AvgIpc) is 2.66. The zero-order valence-corrected chi connectivity index (χ0v) is 6.50. The summed E-state index contributed by atoms with van der Waals surface area (Å²) in [4.78, 5) is 10.9. The van der Waals surface area contributed by atoms with Crippen LogP contribution in [-0.4, -0.2) is 17.5 Å². The molecule has 0 spiro atoms. The van der Waals surface area contributed by atoms with Crippen LogP contribution in [0.15, 0.2) is 0 Å².